The van der Waals surface area contributed by atoms with E-state index in [2.05, 4.69) is 63.3 Å². The lowest BCUT2D eigenvalue weighted by Gasteiger charge is -2.34. The molecule has 2 aromatic carbocycles. The van der Waals surface area contributed by atoms with Crippen molar-refractivity contribution in [3.8, 4) is 0 Å². The molecule has 5 heteroatoms. The minimum Gasteiger partial charge on any atom is -0.378 e. The lowest BCUT2D eigenvalue weighted by atomic mass is 9.91. The maximum atomic E-state index is 5.49. The minimum atomic E-state index is 0.670. The first-order chi connectivity index (χ1) is 14.4. The van der Waals surface area contributed by atoms with Crippen molar-refractivity contribution in [3.63, 3.8) is 0 Å². The number of nitrogens with zero attached hydrogens (tertiary/aromatic N) is 4. The van der Waals surface area contributed by atoms with Crippen molar-refractivity contribution in [2.45, 2.75) is 19.3 Å². The van der Waals surface area contributed by atoms with Crippen molar-refractivity contribution in [1.82, 2.24) is 9.97 Å². The van der Waals surface area contributed by atoms with Crippen LogP contribution in [0.2, 0.25) is 0 Å². The second kappa shape index (κ2) is 8.37. The van der Waals surface area contributed by atoms with Crippen molar-refractivity contribution in [2.75, 3.05) is 49.2 Å². The highest BCUT2D eigenvalue weighted by Gasteiger charge is 2.23. The summed E-state index contributed by atoms with van der Waals surface area (Å²) < 4.78 is 5.49. The number of rotatable bonds is 4. The number of aromatic nitrogens is 2. The number of morpholine rings is 1. The van der Waals surface area contributed by atoms with E-state index in [4.69, 9.17) is 9.72 Å². The third-order valence-electron chi connectivity index (χ3n) is 6.16. The molecule has 29 heavy (non-hydrogen) atoms. The summed E-state index contributed by atoms with van der Waals surface area (Å²) in [5.41, 5.74) is 3.69. The van der Waals surface area contributed by atoms with Gasteiger partial charge in [0.25, 0.3) is 0 Å². The molecule has 1 aromatic heterocycles. The fourth-order valence-corrected chi connectivity index (χ4v) is 4.67. The molecule has 0 unspecified atom stereocenters. The quantitative estimate of drug-likeness (QED) is 0.677. The van der Waals surface area contributed by atoms with Crippen LogP contribution in [0.25, 0.3) is 10.9 Å². The van der Waals surface area contributed by atoms with E-state index in [1.54, 1.807) is 6.33 Å². The van der Waals surface area contributed by atoms with Crippen LogP contribution in [-0.2, 0) is 11.2 Å². The van der Waals surface area contributed by atoms with E-state index in [1.807, 2.05) is 0 Å². The van der Waals surface area contributed by atoms with E-state index in [0.717, 1.165) is 62.5 Å². The molecule has 5 nitrogen and oxygen atoms in total. The molecule has 150 valence electrons. The molecule has 2 aliphatic heterocycles. The highest BCUT2D eigenvalue weighted by Crippen LogP contribution is 2.31. The van der Waals surface area contributed by atoms with Gasteiger partial charge in [0, 0.05) is 37.3 Å². The Bertz CT molecular complexity index is 956. The second-order valence-electron chi connectivity index (χ2n) is 8.14. The summed E-state index contributed by atoms with van der Waals surface area (Å²) in [5, 5.41) is 1.16. The molecule has 2 saturated heterocycles. The van der Waals surface area contributed by atoms with Crippen LogP contribution in [0.15, 0.2) is 54.9 Å². The summed E-state index contributed by atoms with van der Waals surface area (Å²) in [6.45, 7) is 5.61. The standard InChI is InChI=1S/C24H28N4O/c1-2-5-19(6-3-1)15-20-7-4-10-28(17-20)24-22-9-8-21(16-23(22)25-18-26-24)27-11-13-29-14-12-27/h1-3,5-6,8-9,16,18,20H,4,7,10-15,17H2/t20-/m0/s1. The van der Waals surface area contributed by atoms with Crippen LogP contribution in [0.5, 0.6) is 0 Å². The Labute approximate surface area is 172 Å². The lowest BCUT2D eigenvalue weighted by Crippen LogP contribution is -2.37. The Balaban J connectivity index is 1.37. The lowest BCUT2D eigenvalue weighted by molar-refractivity contribution is 0.122. The van der Waals surface area contributed by atoms with Crippen LogP contribution in [0.1, 0.15) is 18.4 Å². The summed E-state index contributed by atoms with van der Waals surface area (Å²) >= 11 is 0. The summed E-state index contributed by atoms with van der Waals surface area (Å²) in [5.74, 6) is 1.75. The monoisotopic (exact) mass is 388 g/mol. The van der Waals surface area contributed by atoms with Crippen molar-refractivity contribution in [2.24, 2.45) is 5.92 Å². The molecule has 3 heterocycles. The van der Waals surface area contributed by atoms with E-state index >= 15 is 0 Å². The van der Waals surface area contributed by atoms with Crippen LogP contribution in [0, 0.1) is 5.92 Å². The Kier molecular flexibility index (Phi) is 5.31. The SMILES string of the molecule is c1ccc(C[C@@H]2CCCN(c3ncnc4cc(N5CCOCC5)ccc34)C2)cc1. The Morgan fingerprint density at radius 2 is 1.79 bits per heavy atom. The molecular formula is C24H28N4O. The summed E-state index contributed by atoms with van der Waals surface area (Å²) in [4.78, 5) is 14.1. The smallest absolute Gasteiger partial charge is 0.139 e. The molecule has 0 bridgehead atoms. The molecule has 2 fully saturated rings. The highest BCUT2D eigenvalue weighted by atomic mass is 16.5. The van der Waals surface area contributed by atoms with Gasteiger partial charge >= 0.3 is 0 Å². The van der Waals surface area contributed by atoms with Crippen molar-refractivity contribution >= 4 is 22.4 Å². The predicted octanol–water partition coefficient (Wildman–Crippen LogP) is 3.93. The summed E-state index contributed by atoms with van der Waals surface area (Å²) in [7, 11) is 0. The molecule has 3 aromatic rings. The van der Waals surface area contributed by atoms with Crippen LogP contribution in [0.4, 0.5) is 11.5 Å². The molecule has 5 rings (SSSR count). The number of hydrogen-bond donors (Lipinski definition) is 0. The van der Waals surface area contributed by atoms with E-state index in [9.17, 15) is 0 Å². The van der Waals surface area contributed by atoms with Gasteiger partial charge in [0.05, 0.1) is 18.7 Å². The van der Waals surface area contributed by atoms with Gasteiger partial charge in [-0.05, 0) is 48.9 Å². The fraction of sp³-hybridized carbons (Fsp3) is 0.417. The van der Waals surface area contributed by atoms with E-state index in [0.29, 0.717) is 5.92 Å². The van der Waals surface area contributed by atoms with Crippen LogP contribution >= 0.6 is 0 Å². The molecular weight excluding hydrogens is 360 g/mol. The van der Waals surface area contributed by atoms with Gasteiger partial charge in [0.2, 0.25) is 0 Å². The third-order valence-corrected chi connectivity index (χ3v) is 6.16. The Morgan fingerprint density at radius 3 is 2.66 bits per heavy atom. The zero-order chi connectivity index (χ0) is 19.5. The maximum Gasteiger partial charge on any atom is 0.139 e. The van der Waals surface area contributed by atoms with Crippen LogP contribution < -0.4 is 9.80 Å². The zero-order valence-corrected chi connectivity index (χ0v) is 16.8. The predicted molar refractivity (Wildman–Crippen MR) is 118 cm³/mol. The maximum absolute atomic E-state index is 5.49. The number of piperidine rings is 1. The highest BCUT2D eigenvalue weighted by molar-refractivity contribution is 5.91. The van der Waals surface area contributed by atoms with Gasteiger partial charge in [-0.15, -0.1) is 0 Å². The van der Waals surface area contributed by atoms with Crippen molar-refractivity contribution in [3.05, 3.63) is 60.4 Å². The first kappa shape index (κ1) is 18.4. The van der Waals surface area contributed by atoms with Crippen molar-refractivity contribution < 1.29 is 4.74 Å². The zero-order valence-electron chi connectivity index (χ0n) is 16.8. The first-order valence-electron chi connectivity index (χ1n) is 10.7. The first-order valence-corrected chi connectivity index (χ1v) is 10.7. The number of anilines is 2. The van der Waals surface area contributed by atoms with Gasteiger partial charge in [0.15, 0.2) is 0 Å². The molecule has 1 atom stereocenters. The molecule has 0 radical (unpaired) electrons. The fourth-order valence-electron chi connectivity index (χ4n) is 4.67. The van der Waals surface area contributed by atoms with E-state index in [-0.39, 0.29) is 0 Å². The van der Waals surface area contributed by atoms with E-state index in [1.165, 1.54) is 24.1 Å². The molecule has 0 aliphatic carbocycles. The topological polar surface area (TPSA) is 41.5 Å². The minimum absolute atomic E-state index is 0.670. The van der Waals surface area contributed by atoms with Gasteiger partial charge < -0.3 is 14.5 Å². The normalized spacial score (nSPS) is 20.2. The van der Waals surface area contributed by atoms with Crippen LogP contribution in [-0.4, -0.2) is 49.4 Å². The van der Waals surface area contributed by atoms with Gasteiger partial charge in [-0.1, -0.05) is 30.3 Å². The van der Waals surface area contributed by atoms with Crippen LogP contribution in [0.3, 0.4) is 0 Å². The van der Waals surface area contributed by atoms with Gasteiger partial charge in [-0.3, -0.25) is 0 Å². The largest absolute Gasteiger partial charge is 0.378 e. The van der Waals surface area contributed by atoms with Gasteiger partial charge in [-0.25, -0.2) is 9.97 Å². The molecule has 0 spiro atoms. The Hall–Kier alpha value is -2.66. The number of benzene rings is 2. The number of fused-ring (bicyclic) bond motifs is 1. The number of hydrogen-bond acceptors (Lipinski definition) is 5. The molecule has 2 aliphatic rings. The molecule has 0 N–H and O–H groups in total. The Morgan fingerprint density at radius 1 is 0.931 bits per heavy atom. The third kappa shape index (κ3) is 4.06. The molecule has 0 saturated carbocycles. The molecule has 0 amide bonds. The second-order valence-corrected chi connectivity index (χ2v) is 8.14. The summed E-state index contributed by atoms with van der Waals surface area (Å²) in [6.07, 6.45) is 5.37. The number of ether oxygens (including phenoxy) is 1. The van der Waals surface area contributed by atoms with Gasteiger partial charge in [-0.2, -0.15) is 0 Å². The average Bonchev–Trinajstić information content (AvgIpc) is 2.80. The average molecular weight is 389 g/mol. The van der Waals surface area contributed by atoms with E-state index < -0.39 is 0 Å². The van der Waals surface area contributed by atoms with Crippen molar-refractivity contribution in [1.29, 1.82) is 0 Å². The summed E-state index contributed by atoms with van der Waals surface area (Å²) in [6, 6.07) is 17.5. The van der Waals surface area contributed by atoms with Gasteiger partial charge in [0.1, 0.15) is 12.1 Å².